The molecule has 1 aromatic carbocycles. The van der Waals surface area contributed by atoms with E-state index in [0.717, 1.165) is 19.3 Å². The van der Waals surface area contributed by atoms with Gasteiger partial charge in [-0.1, -0.05) is 6.92 Å². The lowest BCUT2D eigenvalue weighted by atomic mass is 9.98. The monoisotopic (exact) mass is 509 g/mol. The summed E-state index contributed by atoms with van der Waals surface area (Å²) >= 11 is 0. The zero-order valence-electron chi connectivity index (χ0n) is 21.6. The van der Waals surface area contributed by atoms with Crippen molar-refractivity contribution >= 4 is 22.4 Å². The predicted molar refractivity (Wildman–Crippen MR) is 137 cm³/mol. The summed E-state index contributed by atoms with van der Waals surface area (Å²) in [5.41, 5.74) is 2.15. The van der Waals surface area contributed by atoms with E-state index in [1.807, 2.05) is 31.1 Å². The number of hydrogen-bond acceptors (Lipinski definition) is 7. The Balaban J connectivity index is 1.72. The summed E-state index contributed by atoms with van der Waals surface area (Å²) in [6, 6.07) is 3.26. The lowest BCUT2D eigenvalue weighted by Gasteiger charge is -2.38. The SMILES string of the molecule is CCOCN(c1c(C(=O)c2cnn(C)c2)oc2c(F)cc(-c3cn(C)cn3)cc12)C1CCOC(CC)C1. The zero-order valence-corrected chi connectivity index (χ0v) is 21.6. The van der Waals surface area contributed by atoms with Gasteiger partial charge in [-0.3, -0.25) is 9.48 Å². The lowest BCUT2D eigenvalue weighted by molar-refractivity contribution is 0.000170. The first-order valence-electron chi connectivity index (χ1n) is 12.6. The minimum atomic E-state index is -0.556. The van der Waals surface area contributed by atoms with Crippen molar-refractivity contribution in [1.29, 1.82) is 0 Å². The first-order chi connectivity index (χ1) is 17.9. The average Bonchev–Trinajstić information content (AvgIpc) is 3.63. The Morgan fingerprint density at radius 1 is 1.27 bits per heavy atom. The van der Waals surface area contributed by atoms with Gasteiger partial charge in [0.15, 0.2) is 17.2 Å². The number of benzene rings is 1. The molecule has 0 bridgehead atoms. The molecular weight excluding hydrogens is 477 g/mol. The third-order valence-electron chi connectivity index (χ3n) is 6.85. The fraction of sp³-hybridized carbons (Fsp3) is 0.444. The Hall–Kier alpha value is -3.50. The molecule has 196 valence electrons. The Labute approximate surface area is 214 Å². The maximum atomic E-state index is 15.6. The first-order valence-corrected chi connectivity index (χ1v) is 12.6. The van der Waals surface area contributed by atoms with E-state index in [1.54, 1.807) is 28.8 Å². The molecule has 1 aliphatic heterocycles. The van der Waals surface area contributed by atoms with Crippen LogP contribution in [0.3, 0.4) is 0 Å². The van der Waals surface area contributed by atoms with E-state index >= 15 is 4.39 Å². The van der Waals surface area contributed by atoms with Crippen LogP contribution >= 0.6 is 0 Å². The number of furan rings is 1. The van der Waals surface area contributed by atoms with Crippen molar-refractivity contribution in [3.8, 4) is 11.3 Å². The summed E-state index contributed by atoms with van der Waals surface area (Å²) in [7, 11) is 3.60. The van der Waals surface area contributed by atoms with Crippen molar-refractivity contribution in [3.63, 3.8) is 0 Å². The van der Waals surface area contributed by atoms with E-state index in [0.29, 0.717) is 41.1 Å². The van der Waals surface area contributed by atoms with Crippen molar-refractivity contribution in [2.45, 2.75) is 45.3 Å². The molecule has 0 N–H and O–H groups in total. The molecule has 2 atom stereocenters. The fourth-order valence-electron chi connectivity index (χ4n) is 4.93. The van der Waals surface area contributed by atoms with Gasteiger partial charge in [0.2, 0.25) is 5.78 Å². The molecule has 3 aromatic heterocycles. The van der Waals surface area contributed by atoms with Gasteiger partial charge >= 0.3 is 0 Å². The molecule has 1 fully saturated rings. The molecule has 0 saturated carbocycles. The van der Waals surface area contributed by atoms with Crippen molar-refractivity contribution in [2.75, 3.05) is 24.8 Å². The topological polar surface area (TPSA) is 87.6 Å². The highest BCUT2D eigenvalue weighted by atomic mass is 19.1. The van der Waals surface area contributed by atoms with Crippen LogP contribution in [0.25, 0.3) is 22.2 Å². The standard InChI is InChI=1S/C27H32FN5O4/c1-5-20-11-19(7-8-36-20)33(16-35-6-2)24-21-9-17(23-14-31(3)15-29-23)10-22(28)26(21)37-27(24)25(34)18-12-30-32(4)13-18/h9-10,12-15,19-20H,5-8,11,16H2,1-4H3. The highest BCUT2D eigenvalue weighted by Gasteiger charge is 2.34. The molecule has 10 heteroatoms. The van der Waals surface area contributed by atoms with Crippen LogP contribution in [0.4, 0.5) is 10.1 Å². The van der Waals surface area contributed by atoms with E-state index in [1.165, 1.54) is 12.3 Å². The highest BCUT2D eigenvalue weighted by Crippen LogP contribution is 2.41. The third-order valence-corrected chi connectivity index (χ3v) is 6.85. The molecule has 4 heterocycles. The van der Waals surface area contributed by atoms with E-state index in [9.17, 15) is 4.79 Å². The van der Waals surface area contributed by atoms with Crippen LogP contribution < -0.4 is 4.90 Å². The van der Waals surface area contributed by atoms with Gasteiger partial charge in [-0.25, -0.2) is 9.37 Å². The van der Waals surface area contributed by atoms with E-state index in [4.69, 9.17) is 13.9 Å². The minimum Gasteiger partial charge on any atom is -0.447 e. The van der Waals surface area contributed by atoms with Crippen molar-refractivity contribution < 1.29 is 23.1 Å². The van der Waals surface area contributed by atoms with Gasteiger partial charge in [0, 0.05) is 56.7 Å². The number of imidazole rings is 1. The number of ketones is 1. The molecule has 37 heavy (non-hydrogen) atoms. The van der Waals surface area contributed by atoms with Crippen LogP contribution in [0.5, 0.6) is 0 Å². The summed E-state index contributed by atoms with van der Waals surface area (Å²) in [5.74, 6) is -0.850. The van der Waals surface area contributed by atoms with E-state index in [-0.39, 0.29) is 36.0 Å². The van der Waals surface area contributed by atoms with Gasteiger partial charge in [0.25, 0.3) is 0 Å². The molecular formula is C27H32FN5O4. The first kappa shape index (κ1) is 25.2. The zero-order chi connectivity index (χ0) is 26.1. The molecule has 0 amide bonds. The van der Waals surface area contributed by atoms with Gasteiger partial charge in [-0.05, 0) is 38.3 Å². The van der Waals surface area contributed by atoms with Gasteiger partial charge in [-0.15, -0.1) is 0 Å². The van der Waals surface area contributed by atoms with Crippen LogP contribution in [0.2, 0.25) is 0 Å². The normalized spacial score (nSPS) is 18.0. The van der Waals surface area contributed by atoms with Crippen LogP contribution in [0, 0.1) is 5.82 Å². The second kappa shape index (κ2) is 10.5. The van der Waals surface area contributed by atoms with Crippen molar-refractivity contribution in [3.05, 3.63) is 54.2 Å². The van der Waals surface area contributed by atoms with Crippen molar-refractivity contribution in [1.82, 2.24) is 19.3 Å². The van der Waals surface area contributed by atoms with Crippen molar-refractivity contribution in [2.24, 2.45) is 14.1 Å². The summed E-state index contributed by atoms with van der Waals surface area (Å²) in [6.07, 6.45) is 9.10. The fourth-order valence-corrected chi connectivity index (χ4v) is 4.93. The van der Waals surface area contributed by atoms with Crippen LogP contribution in [0.1, 0.15) is 49.2 Å². The lowest BCUT2D eigenvalue weighted by Crippen LogP contribution is -2.44. The molecule has 1 aliphatic rings. The number of fused-ring (bicyclic) bond motifs is 1. The number of carbonyl (C=O) groups is 1. The van der Waals surface area contributed by atoms with Crippen LogP contribution in [-0.2, 0) is 23.6 Å². The number of rotatable bonds is 9. The number of aromatic nitrogens is 4. The largest absolute Gasteiger partial charge is 0.447 e. The van der Waals surface area contributed by atoms with Gasteiger partial charge in [-0.2, -0.15) is 5.10 Å². The molecule has 5 rings (SSSR count). The molecule has 1 saturated heterocycles. The molecule has 9 nitrogen and oxygen atoms in total. The maximum absolute atomic E-state index is 15.6. The highest BCUT2D eigenvalue weighted by molar-refractivity contribution is 6.15. The summed E-state index contributed by atoms with van der Waals surface area (Å²) in [6.45, 7) is 5.34. The second-order valence-electron chi connectivity index (χ2n) is 9.44. The minimum absolute atomic E-state index is 0.0214. The van der Waals surface area contributed by atoms with Crippen LogP contribution in [-0.4, -0.2) is 57.2 Å². The number of nitrogens with zero attached hydrogens (tertiary/aromatic N) is 5. The predicted octanol–water partition coefficient (Wildman–Crippen LogP) is 4.69. The van der Waals surface area contributed by atoms with Gasteiger partial charge in [0.05, 0.1) is 35.6 Å². The van der Waals surface area contributed by atoms with Gasteiger partial charge < -0.3 is 23.4 Å². The number of halogens is 1. The summed E-state index contributed by atoms with van der Waals surface area (Å²) in [5, 5.41) is 4.65. The van der Waals surface area contributed by atoms with Gasteiger partial charge in [0.1, 0.15) is 6.73 Å². The Kier molecular flexibility index (Phi) is 7.12. The van der Waals surface area contributed by atoms with E-state index < -0.39 is 5.82 Å². The number of aryl methyl sites for hydroxylation is 2. The number of carbonyl (C=O) groups excluding carboxylic acids is 1. The molecule has 0 spiro atoms. The summed E-state index contributed by atoms with van der Waals surface area (Å²) in [4.78, 5) is 20.2. The quantitative estimate of drug-likeness (QED) is 0.239. The number of ether oxygens (including phenoxy) is 2. The third kappa shape index (κ3) is 4.91. The molecule has 4 aromatic rings. The number of hydrogen-bond donors (Lipinski definition) is 0. The molecule has 0 radical (unpaired) electrons. The van der Waals surface area contributed by atoms with E-state index in [2.05, 4.69) is 17.0 Å². The molecule has 2 unspecified atom stereocenters. The van der Waals surface area contributed by atoms with Crippen LogP contribution in [0.15, 0.2) is 41.5 Å². The smallest absolute Gasteiger partial charge is 0.233 e. The Morgan fingerprint density at radius 3 is 2.78 bits per heavy atom. The summed E-state index contributed by atoms with van der Waals surface area (Å²) < 4.78 is 36.8. The second-order valence-corrected chi connectivity index (χ2v) is 9.44. The number of anilines is 1. The Bertz CT molecular complexity index is 1410. The Morgan fingerprint density at radius 2 is 2.11 bits per heavy atom. The average molecular weight is 510 g/mol. The molecule has 0 aliphatic carbocycles. The maximum Gasteiger partial charge on any atom is 0.233 e.